The van der Waals surface area contributed by atoms with Gasteiger partial charge >= 0.3 is 0 Å². The molecule has 0 unspecified atom stereocenters. The van der Waals surface area contributed by atoms with Gasteiger partial charge in [-0.2, -0.15) is 0 Å². The number of hydrogen-bond acceptors (Lipinski definition) is 2. The number of benzene rings is 1. The van der Waals surface area contributed by atoms with Crippen LogP contribution in [0.4, 0.5) is 4.39 Å². The van der Waals surface area contributed by atoms with Crippen LogP contribution in [0.15, 0.2) is 18.2 Å². The Morgan fingerprint density at radius 3 is 2.79 bits per heavy atom. The van der Waals surface area contributed by atoms with Crippen LogP contribution in [0.25, 0.3) is 0 Å². The van der Waals surface area contributed by atoms with Gasteiger partial charge in [0.1, 0.15) is 5.82 Å². The molecular formula is C15H21ClFNO. The summed E-state index contributed by atoms with van der Waals surface area (Å²) in [6.45, 7) is 2.60. The second kappa shape index (κ2) is 6.69. The van der Waals surface area contributed by atoms with Crippen molar-refractivity contribution in [1.82, 2.24) is 5.32 Å². The third kappa shape index (κ3) is 3.91. The molecule has 0 saturated heterocycles. The number of halogens is 2. The molecule has 0 aromatic heterocycles. The summed E-state index contributed by atoms with van der Waals surface area (Å²) in [5.74, 6) is -0.341. The van der Waals surface area contributed by atoms with Crippen LogP contribution in [0.5, 0.6) is 0 Å². The van der Waals surface area contributed by atoms with Crippen LogP contribution in [0, 0.1) is 11.2 Å². The predicted molar refractivity (Wildman–Crippen MR) is 76.1 cm³/mol. The molecule has 0 radical (unpaired) electrons. The molecule has 19 heavy (non-hydrogen) atoms. The van der Waals surface area contributed by atoms with Crippen LogP contribution in [0.2, 0.25) is 5.02 Å². The smallest absolute Gasteiger partial charge is 0.141 e. The Balaban J connectivity index is 1.92. The standard InChI is InChI=1S/C15H21ClFNO/c1-19-8-7-18-11-15(5-2-6-15)10-12-3-4-14(17)13(16)9-12/h3-4,9,18H,2,5-8,10-11H2,1H3. The first-order valence-electron chi connectivity index (χ1n) is 6.79. The highest BCUT2D eigenvalue weighted by Crippen LogP contribution is 2.43. The molecule has 1 fully saturated rings. The normalized spacial score (nSPS) is 17.2. The molecule has 0 heterocycles. The Morgan fingerprint density at radius 2 is 2.21 bits per heavy atom. The molecule has 2 rings (SSSR count). The van der Waals surface area contributed by atoms with Gasteiger partial charge in [-0.3, -0.25) is 0 Å². The van der Waals surface area contributed by atoms with Crippen molar-refractivity contribution < 1.29 is 9.13 Å². The molecule has 0 spiro atoms. The van der Waals surface area contributed by atoms with Gasteiger partial charge in [-0.1, -0.05) is 24.1 Å². The number of rotatable bonds is 7. The summed E-state index contributed by atoms with van der Waals surface area (Å²) in [4.78, 5) is 0. The van der Waals surface area contributed by atoms with Gasteiger partial charge in [-0.05, 0) is 42.4 Å². The van der Waals surface area contributed by atoms with E-state index in [2.05, 4.69) is 5.32 Å². The number of nitrogens with one attached hydrogen (secondary N) is 1. The van der Waals surface area contributed by atoms with Crippen molar-refractivity contribution in [1.29, 1.82) is 0 Å². The van der Waals surface area contributed by atoms with Crippen molar-refractivity contribution >= 4 is 11.6 Å². The van der Waals surface area contributed by atoms with Crippen molar-refractivity contribution in [3.8, 4) is 0 Å². The molecular weight excluding hydrogens is 265 g/mol. The van der Waals surface area contributed by atoms with Gasteiger partial charge in [0.25, 0.3) is 0 Å². The van der Waals surface area contributed by atoms with Crippen molar-refractivity contribution in [2.24, 2.45) is 5.41 Å². The van der Waals surface area contributed by atoms with Gasteiger partial charge in [0.2, 0.25) is 0 Å². The van der Waals surface area contributed by atoms with E-state index in [9.17, 15) is 4.39 Å². The lowest BCUT2D eigenvalue weighted by Gasteiger charge is -2.42. The van der Waals surface area contributed by atoms with Gasteiger partial charge in [0, 0.05) is 20.2 Å². The van der Waals surface area contributed by atoms with E-state index in [0.29, 0.717) is 5.41 Å². The molecule has 1 saturated carbocycles. The van der Waals surface area contributed by atoms with Crippen LogP contribution in [-0.4, -0.2) is 26.8 Å². The summed E-state index contributed by atoms with van der Waals surface area (Å²) in [7, 11) is 1.71. The zero-order valence-corrected chi connectivity index (χ0v) is 12.1. The third-order valence-corrected chi connectivity index (χ3v) is 4.25. The highest BCUT2D eigenvalue weighted by molar-refractivity contribution is 6.30. The molecule has 1 N–H and O–H groups in total. The minimum absolute atomic E-state index is 0.222. The molecule has 1 aromatic carbocycles. The van der Waals surface area contributed by atoms with Crippen molar-refractivity contribution in [3.63, 3.8) is 0 Å². The molecule has 4 heteroatoms. The molecule has 1 aliphatic carbocycles. The lowest BCUT2D eigenvalue weighted by molar-refractivity contribution is 0.123. The highest BCUT2D eigenvalue weighted by Gasteiger charge is 2.36. The van der Waals surface area contributed by atoms with Gasteiger partial charge < -0.3 is 10.1 Å². The van der Waals surface area contributed by atoms with E-state index in [-0.39, 0.29) is 10.8 Å². The fourth-order valence-electron chi connectivity index (χ4n) is 2.70. The van der Waals surface area contributed by atoms with Gasteiger partial charge in [0.05, 0.1) is 11.6 Å². The quantitative estimate of drug-likeness (QED) is 0.775. The zero-order chi connectivity index (χ0) is 13.7. The molecule has 0 atom stereocenters. The average Bonchev–Trinajstić information content (AvgIpc) is 2.35. The first-order chi connectivity index (χ1) is 9.15. The van der Waals surface area contributed by atoms with E-state index in [1.54, 1.807) is 13.2 Å². The number of methoxy groups -OCH3 is 1. The van der Waals surface area contributed by atoms with Crippen LogP contribution in [0.3, 0.4) is 0 Å². The van der Waals surface area contributed by atoms with Crippen LogP contribution in [-0.2, 0) is 11.2 Å². The lowest BCUT2D eigenvalue weighted by atomic mass is 9.65. The predicted octanol–water partition coefficient (Wildman–Crippen LogP) is 3.43. The molecule has 106 valence electrons. The number of ether oxygens (including phenoxy) is 1. The van der Waals surface area contributed by atoms with E-state index in [0.717, 1.165) is 31.7 Å². The minimum atomic E-state index is -0.341. The van der Waals surface area contributed by atoms with Crippen LogP contribution >= 0.6 is 11.6 Å². The summed E-state index contributed by atoms with van der Waals surface area (Å²) in [5, 5.41) is 3.66. The molecule has 1 aromatic rings. The molecule has 2 nitrogen and oxygen atoms in total. The monoisotopic (exact) mass is 285 g/mol. The SMILES string of the molecule is COCCNCC1(Cc2ccc(F)c(Cl)c2)CCC1. The maximum absolute atomic E-state index is 13.2. The topological polar surface area (TPSA) is 21.3 Å². The Labute approximate surface area is 119 Å². The van der Waals surface area contributed by atoms with Gasteiger partial charge in [-0.25, -0.2) is 4.39 Å². The van der Waals surface area contributed by atoms with Gasteiger partial charge in [-0.15, -0.1) is 0 Å². The summed E-state index contributed by atoms with van der Waals surface area (Å²) < 4.78 is 18.2. The van der Waals surface area contributed by atoms with Crippen LogP contribution < -0.4 is 5.32 Å². The number of hydrogen-bond donors (Lipinski definition) is 1. The van der Waals surface area contributed by atoms with E-state index in [1.807, 2.05) is 6.07 Å². The molecule has 0 bridgehead atoms. The minimum Gasteiger partial charge on any atom is -0.383 e. The summed E-state index contributed by atoms with van der Waals surface area (Å²) in [6.07, 6.45) is 4.69. The molecule has 0 aliphatic heterocycles. The van der Waals surface area contributed by atoms with E-state index in [4.69, 9.17) is 16.3 Å². The van der Waals surface area contributed by atoms with Crippen molar-refractivity contribution in [2.45, 2.75) is 25.7 Å². The molecule has 0 amide bonds. The fourth-order valence-corrected chi connectivity index (χ4v) is 2.91. The van der Waals surface area contributed by atoms with E-state index < -0.39 is 0 Å². The van der Waals surface area contributed by atoms with E-state index in [1.165, 1.54) is 25.3 Å². The molecule has 1 aliphatic rings. The second-order valence-corrected chi connectivity index (χ2v) is 5.86. The second-order valence-electron chi connectivity index (χ2n) is 5.45. The summed E-state index contributed by atoms with van der Waals surface area (Å²) >= 11 is 5.84. The van der Waals surface area contributed by atoms with Crippen molar-refractivity contribution in [2.75, 3.05) is 26.8 Å². The maximum atomic E-state index is 13.2. The zero-order valence-electron chi connectivity index (χ0n) is 11.3. The highest BCUT2D eigenvalue weighted by atomic mass is 35.5. The first-order valence-corrected chi connectivity index (χ1v) is 7.17. The largest absolute Gasteiger partial charge is 0.383 e. The first kappa shape index (κ1) is 14.8. The van der Waals surface area contributed by atoms with E-state index >= 15 is 0 Å². The Kier molecular flexibility index (Phi) is 5.20. The Hall–Kier alpha value is -0.640. The Bertz CT molecular complexity index is 421. The lowest BCUT2D eigenvalue weighted by Crippen LogP contribution is -2.42. The average molecular weight is 286 g/mol. The van der Waals surface area contributed by atoms with Crippen molar-refractivity contribution in [3.05, 3.63) is 34.6 Å². The maximum Gasteiger partial charge on any atom is 0.141 e. The summed E-state index contributed by atoms with van der Waals surface area (Å²) in [5.41, 5.74) is 1.44. The Morgan fingerprint density at radius 1 is 1.42 bits per heavy atom. The van der Waals surface area contributed by atoms with Gasteiger partial charge in [0.15, 0.2) is 0 Å². The fraction of sp³-hybridized carbons (Fsp3) is 0.600. The summed E-state index contributed by atoms with van der Waals surface area (Å²) in [6, 6.07) is 5.06. The van der Waals surface area contributed by atoms with Crippen LogP contribution in [0.1, 0.15) is 24.8 Å². The third-order valence-electron chi connectivity index (χ3n) is 3.96.